The van der Waals surface area contributed by atoms with Crippen LogP contribution in [-0.4, -0.2) is 47.9 Å². The molecule has 1 atom stereocenters. The Labute approximate surface area is 182 Å². The van der Waals surface area contributed by atoms with Crippen molar-refractivity contribution in [1.29, 1.82) is 0 Å². The quantitative estimate of drug-likeness (QED) is 0.402. The molecule has 3 aromatic heterocycles. The van der Waals surface area contributed by atoms with Gasteiger partial charge in [-0.2, -0.15) is 9.61 Å². The van der Waals surface area contributed by atoms with Crippen LogP contribution in [-0.2, 0) is 11.8 Å². The number of hydrogen-bond acceptors (Lipinski definition) is 6. The van der Waals surface area contributed by atoms with Crippen molar-refractivity contribution in [2.24, 2.45) is 7.05 Å². The van der Waals surface area contributed by atoms with E-state index in [1.165, 1.54) is 0 Å². The van der Waals surface area contributed by atoms with Crippen molar-refractivity contribution in [3.05, 3.63) is 35.1 Å². The molecule has 0 aliphatic rings. The lowest BCUT2D eigenvalue weighted by Crippen LogP contribution is -2.38. The first kappa shape index (κ1) is 20.3. The first-order chi connectivity index (χ1) is 14.5. The number of para-hydroxylation sites is 1. The third-order valence-corrected chi connectivity index (χ3v) is 5.42. The van der Waals surface area contributed by atoms with Gasteiger partial charge in [-0.1, -0.05) is 19.4 Å². The SMILES string of the molecule is CCCCNC(=O)[C@H](C)Nc1nc2c(Br)cccc2c2nc(-c3cnn(C)c3)nn12. The van der Waals surface area contributed by atoms with Crippen molar-refractivity contribution in [3.8, 4) is 11.4 Å². The zero-order valence-corrected chi connectivity index (χ0v) is 18.6. The summed E-state index contributed by atoms with van der Waals surface area (Å²) in [7, 11) is 1.85. The Kier molecular flexibility index (Phi) is 5.67. The number of benzene rings is 1. The van der Waals surface area contributed by atoms with E-state index in [-0.39, 0.29) is 5.91 Å². The van der Waals surface area contributed by atoms with Crippen molar-refractivity contribution in [1.82, 2.24) is 34.7 Å². The number of amides is 1. The lowest BCUT2D eigenvalue weighted by molar-refractivity contribution is -0.121. The molecule has 1 aromatic carbocycles. The van der Waals surface area contributed by atoms with Crippen LogP contribution in [0.5, 0.6) is 0 Å². The predicted molar refractivity (Wildman–Crippen MR) is 119 cm³/mol. The van der Waals surface area contributed by atoms with Crippen LogP contribution in [0.15, 0.2) is 35.1 Å². The number of aryl methyl sites for hydroxylation is 1. The molecule has 2 N–H and O–H groups in total. The van der Waals surface area contributed by atoms with Gasteiger partial charge in [-0.05, 0) is 41.4 Å². The maximum absolute atomic E-state index is 12.5. The van der Waals surface area contributed by atoms with E-state index in [4.69, 9.17) is 9.97 Å². The summed E-state index contributed by atoms with van der Waals surface area (Å²) < 4.78 is 4.19. The fourth-order valence-corrected chi connectivity index (χ4v) is 3.60. The average Bonchev–Trinajstić information content (AvgIpc) is 3.35. The molecule has 30 heavy (non-hydrogen) atoms. The van der Waals surface area contributed by atoms with Crippen molar-refractivity contribution < 1.29 is 4.79 Å². The normalized spacial score (nSPS) is 12.4. The molecule has 0 fully saturated rings. The lowest BCUT2D eigenvalue weighted by Gasteiger charge is -2.15. The Morgan fingerprint density at radius 3 is 2.87 bits per heavy atom. The van der Waals surface area contributed by atoms with E-state index < -0.39 is 6.04 Å². The summed E-state index contributed by atoms with van der Waals surface area (Å²) in [5.74, 6) is 0.906. The number of rotatable bonds is 7. The van der Waals surface area contributed by atoms with Crippen molar-refractivity contribution in [2.75, 3.05) is 11.9 Å². The number of aromatic nitrogens is 6. The number of carbonyl (C=O) groups excluding carboxylic acids is 1. The van der Waals surface area contributed by atoms with E-state index in [0.29, 0.717) is 24.0 Å². The van der Waals surface area contributed by atoms with Crippen LogP contribution in [0.2, 0.25) is 0 Å². The molecule has 3 heterocycles. The van der Waals surface area contributed by atoms with Gasteiger partial charge < -0.3 is 10.6 Å². The third-order valence-electron chi connectivity index (χ3n) is 4.78. The molecule has 0 saturated carbocycles. The number of carbonyl (C=O) groups is 1. The Morgan fingerprint density at radius 1 is 1.30 bits per heavy atom. The third kappa shape index (κ3) is 3.87. The van der Waals surface area contributed by atoms with Gasteiger partial charge >= 0.3 is 0 Å². The minimum Gasteiger partial charge on any atom is -0.354 e. The van der Waals surface area contributed by atoms with Gasteiger partial charge in [0.1, 0.15) is 6.04 Å². The van der Waals surface area contributed by atoms with E-state index in [2.05, 4.69) is 43.7 Å². The first-order valence-electron chi connectivity index (χ1n) is 9.86. The molecule has 4 rings (SSSR count). The summed E-state index contributed by atoms with van der Waals surface area (Å²) in [6, 6.07) is 5.33. The number of halogens is 1. The summed E-state index contributed by atoms with van der Waals surface area (Å²) in [5.41, 5.74) is 2.21. The minimum atomic E-state index is -0.483. The summed E-state index contributed by atoms with van der Waals surface area (Å²) in [5, 5.41) is 15.8. The molecular weight excluding hydrogens is 448 g/mol. The average molecular weight is 471 g/mol. The van der Waals surface area contributed by atoms with E-state index in [0.717, 1.165) is 33.8 Å². The minimum absolute atomic E-state index is 0.0850. The van der Waals surface area contributed by atoms with E-state index in [1.807, 2.05) is 31.4 Å². The number of nitrogens with zero attached hydrogens (tertiary/aromatic N) is 6. The number of hydrogen-bond donors (Lipinski definition) is 2. The molecular formula is C20H23BrN8O. The molecule has 4 aromatic rings. The van der Waals surface area contributed by atoms with E-state index >= 15 is 0 Å². The van der Waals surface area contributed by atoms with Crippen LogP contribution in [0.1, 0.15) is 26.7 Å². The second-order valence-corrected chi connectivity index (χ2v) is 8.01. The fraction of sp³-hybridized carbons (Fsp3) is 0.350. The summed E-state index contributed by atoms with van der Waals surface area (Å²) >= 11 is 3.57. The molecule has 0 bridgehead atoms. The fourth-order valence-electron chi connectivity index (χ4n) is 3.15. The highest BCUT2D eigenvalue weighted by Gasteiger charge is 2.20. The van der Waals surface area contributed by atoms with Crippen LogP contribution < -0.4 is 10.6 Å². The van der Waals surface area contributed by atoms with Gasteiger partial charge in [-0.25, -0.2) is 9.97 Å². The first-order valence-corrected chi connectivity index (χ1v) is 10.7. The Morgan fingerprint density at radius 2 is 2.13 bits per heavy atom. The number of nitrogens with one attached hydrogen (secondary N) is 2. The van der Waals surface area contributed by atoms with Crippen molar-refractivity contribution >= 4 is 44.3 Å². The Bertz CT molecular complexity index is 1210. The van der Waals surface area contributed by atoms with Crippen LogP contribution in [0.25, 0.3) is 27.9 Å². The van der Waals surface area contributed by atoms with Crippen molar-refractivity contribution in [2.45, 2.75) is 32.7 Å². The highest BCUT2D eigenvalue weighted by atomic mass is 79.9. The lowest BCUT2D eigenvalue weighted by atomic mass is 10.2. The van der Waals surface area contributed by atoms with Crippen LogP contribution in [0.3, 0.4) is 0 Å². The molecule has 156 valence electrons. The zero-order valence-electron chi connectivity index (χ0n) is 17.1. The van der Waals surface area contributed by atoms with Gasteiger partial charge in [-0.15, -0.1) is 5.10 Å². The molecule has 1 amide bonds. The molecule has 0 aliphatic carbocycles. The molecule has 0 spiro atoms. The van der Waals surface area contributed by atoms with Crippen LogP contribution in [0.4, 0.5) is 5.95 Å². The van der Waals surface area contributed by atoms with E-state index in [1.54, 1.807) is 22.3 Å². The van der Waals surface area contributed by atoms with Gasteiger partial charge in [0.25, 0.3) is 0 Å². The van der Waals surface area contributed by atoms with Gasteiger partial charge in [-0.3, -0.25) is 9.48 Å². The predicted octanol–water partition coefficient (Wildman–Crippen LogP) is 3.16. The van der Waals surface area contributed by atoms with Crippen molar-refractivity contribution in [3.63, 3.8) is 0 Å². The Balaban J connectivity index is 1.78. The standard InChI is InChI=1S/C20H23BrN8O/c1-4-5-9-22-19(30)12(2)24-20-25-16-14(7-6-8-15(16)21)18-26-17(27-29(18)20)13-10-23-28(3)11-13/h6-8,10-12H,4-5,9H2,1-3H3,(H,22,30)(H,24,25)/t12-/m0/s1. The number of fused-ring (bicyclic) bond motifs is 3. The van der Waals surface area contributed by atoms with Gasteiger partial charge in [0.05, 0.1) is 17.3 Å². The molecule has 0 saturated heterocycles. The van der Waals surface area contributed by atoms with Gasteiger partial charge in [0.15, 0.2) is 11.5 Å². The maximum atomic E-state index is 12.5. The van der Waals surface area contributed by atoms with E-state index in [9.17, 15) is 4.79 Å². The molecule has 0 aliphatic heterocycles. The number of unbranched alkanes of at least 4 members (excludes halogenated alkanes) is 1. The smallest absolute Gasteiger partial charge is 0.242 e. The molecule has 0 radical (unpaired) electrons. The number of anilines is 1. The second kappa shape index (κ2) is 8.39. The molecule has 10 heteroatoms. The Hall–Kier alpha value is -3.01. The largest absolute Gasteiger partial charge is 0.354 e. The topological polar surface area (TPSA) is 102 Å². The molecule has 0 unspecified atom stereocenters. The summed E-state index contributed by atoms with van der Waals surface area (Å²) in [6.07, 6.45) is 5.55. The maximum Gasteiger partial charge on any atom is 0.242 e. The highest BCUT2D eigenvalue weighted by molar-refractivity contribution is 9.10. The summed E-state index contributed by atoms with van der Waals surface area (Å²) in [4.78, 5) is 21.9. The molecule has 9 nitrogen and oxygen atoms in total. The monoisotopic (exact) mass is 470 g/mol. The van der Waals surface area contributed by atoms with Gasteiger partial charge in [0.2, 0.25) is 11.9 Å². The van der Waals surface area contributed by atoms with Gasteiger partial charge in [0, 0.05) is 29.6 Å². The summed E-state index contributed by atoms with van der Waals surface area (Å²) in [6.45, 7) is 4.55. The van der Waals surface area contributed by atoms with Crippen LogP contribution >= 0.6 is 15.9 Å². The van der Waals surface area contributed by atoms with Crippen LogP contribution in [0, 0.1) is 0 Å². The second-order valence-electron chi connectivity index (χ2n) is 7.16. The highest BCUT2D eigenvalue weighted by Crippen LogP contribution is 2.28. The zero-order chi connectivity index (χ0) is 21.3.